The van der Waals surface area contributed by atoms with Crippen molar-refractivity contribution in [1.29, 1.82) is 0 Å². The van der Waals surface area contributed by atoms with Gasteiger partial charge < -0.3 is 15.5 Å². The maximum absolute atomic E-state index is 12.9. The molecule has 2 N–H and O–H groups in total. The number of nitrogens with zero attached hydrogens (tertiary/aromatic N) is 3. The largest absolute Gasteiger partial charge is 0.348 e. The predicted molar refractivity (Wildman–Crippen MR) is 115 cm³/mol. The normalized spacial score (nSPS) is 16.8. The number of nitrogens with one attached hydrogen (secondary N) is 2. The summed E-state index contributed by atoms with van der Waals surface area (Å²) < 4.78 is 1.74. The summed E-state index contributed by atoms with van der Waals surface area (Å²) in [4.78, 5) is 44.2. The van der Waals surface area contributed by atoms with Crippen LogP contribution in [0.25, 0.3) is 10.9 Å². The number of hydrogen-bond donors (Lipinski definition) is 2. The minimum absolute atomic E-state index is 0.0839. The lowest BCUT2D eigenvalue weighted by molar-refractivity contribution is -0.136. The van der Waals surface area contributed by atoms with Gasteiger partial charge in [-0.15, -0.1) is 0 Å². The molecule has 1 fully saturated rings. The van der Waals surface area contributed by atoms with Crippen LogP contribution in [0.15, 0.2) is 23.0 Å². The van der Waals surface area contributed by atoms with Crippen molar-refractivity contribution in [2.75, 3.05) is 31.5 Å². The SMILES string of the molecule is O=C(NCCCN1CCCC1)C(=O)Nc1ccc2nc3n(c(=O)c2c1)CCCCC3. The van der Waals surface area contributed by atoms with Gasteiger partial charge in [-0.1, -0.05) is 6.42 Å². The molecule has 1 aromatic heterocycles. The van der Waals surface area contributed by atoms with Gasteiger partial charge in [-0.25, -0.2) is 4.98 Å². The van der Waals surface area contributed by atoms with E-state index in [1.54, 1.807) is 22.8 Å². The number of amides is 2. The minimum atomic E-state index is -0.724. The van der Waals surface area contributed by atoms with Crippen molar-refractivity contribution in [3.05, 3.63) is 34.4 Å². The first-order valence-corrected chi connectivity index (χ1v) is 11.0. The molecule has 2 aromatic rings. The van der Waals surface area contributed by atoms with E-state index < -0.39 is 11.8 Å². The van der Waals surface area contributed by atoms with E-state index in [0.29, 0.717) is 29.7 Å². The molecule has 30 heavy (non-hydrogen) atoms. The average Bonchev–Trinajstić information content (AvgIpc) is 3.15. The van der Waals surface area contributed by atoms with Gasteiger partial charge in [-0.2, -0.15) is 0 Å². The fraction of sp³-hybridized carbons (Fsp3) is 0.545. The Morgan fingerprint density at radius 2 is 1.80 bits per heavy atom. The van der Waals surface area contributed by atoms with Crippen LogP contribution in [0.1, 0.15) is 44.3 Å². The second-order valence-corrected chi connectivity index (χ2v) is 8.14. The highest BCUT2D eigenvalue weighted by molar-refractivity contribution is 6.39. The second-order valence-electron chi connectivity index (χ2n) is 8.14. The molecule has 1 saturated heterocycles. The zero-order chi connectivity index (χ0) is 20.9. The minimum Gasteiger partial charge on any atom is -0.348 e. The van der Waals surface area contributed by atoms with Crippen LogP contribution in [0.4, 0.5) is 5.69 Å². The van der Waals surface area contributed by atoms with Gasteiger partial charge in [0.15, 0.2) is 0 Å². The molecule has 8 nitrogen and oxygen atoms in total. The summed E-state index contributed by atoms with van der Waals surface area (Å²) in [6.45, 7) is 4.32. The van der Waals surface area contributed by atoms with Crippen LogP contribution in [0.5, 0.6) is 0 Å². The molecule has 4 rings (SSSR count). The summed E-state index contributed by atoms with van der Waals surface area (Å²) in [5.74, 6) is -0.554. The number of aromatic nitrogens is 2. The number of carbonyl (C=O) groups is 2. The van der Waals surface area contributed by atoms with Gasteiger partial charge in [0.05, 0.1) is 10.9 Å². The highest BCUT2D eigenvalue weighted by atomic mass is 16.2. The lowest BCUT2D eigenvalue weighted by Crippen LogP contribution is -2.37. The molecule has 0 saturated carbocycles. The lowest BCUT2D eigenvalue weighted by atomic mass is 10.2. The number of likely N-dealkylation sites (tertiary alicyclic amines) is 1. The standard InChI is InChI=1S/C22H29N5O3/c28-20(23-10-6-13-26-11-4-5-12-26)21(29)24-16-8-9-18-17(15-16)22(30)27-14-3-1-2-7-19(27)25-18/h8-9,15H,1-7,10-14H2,(H,23,28)(H,24,29). The maximum Gasteiger partial charge on any atom is 0.313 e. The van der Waals surface area contributed by atoms with Crippen molar-refractivity contribution in [1.82, 2.24) is 19.8 Å². The molecule has 2 aliphatic rings. The number of hydrogen-bond acceptors (Lipinski definition) is 5. The van der Waals surface area contributed by atoms with Crippen LogP contribution in [0, 0.1) is 0 Å². The number of carbonyl (C=O) groups excluding carboxylic acids is 2. The van der Waals surface area contributed by atoms with Gasteiger partial charge in [0.2, 0.25) is 0 Å². The van der Waals surface area contributed by atoms with Crippen molar-refractivity contribution < 1.29 is 9.59 Å². The van der Waals surface area contributed by atoms with E-state index in [1.807, 2.05) is 0 Å². The first-order valence-electron chi connectivity index (χ1n) is 11.0. The Kier molecular flexibility index (Phi) is 6.42. The van der Waals surface area contributed by atoms with E-state index >= 15 is 0 Å². The Hall–Kier alpha value is -2.74. The quantitative estimate of drug-likeness (QED) is 0.576. The molecule has 0 spiro atoms. The van der Waals surface area contributed by atoms with Crippen LogP contribution < -0.4 is 16.2 Å². The third-order valence-corrected chi connectivity index (χ3v) is 5.91. The Labute approximate surface area is 175 Å². The Morgan fingerprint density at radius 3 is 2.63 bits per heavy atom. The maximum atomic E-state index is 12.9. The molecular weight excluding hydrogens is 382 g/mol. The van der Waals surface area contributed by atoms with Crippen LogP contribution in [0.3, 0.4) is 0 Å². The molecular formula is C22H29N5O3. The highest BCUT2D eigenvalue weighted by Crippen LogP contribution is 2.18. The summed E-state index contributed by atoms with van der Waals surface area (Å²) in [6, 6.07) is 5.02. The monoisotopic (exact) mass is 411 g/mol. The molecule has 160 valence electrons. The average molecular weight is 412 g/mol. The zero-order valence-corrected chi connectivity index (χ0v) is 17.3. The van der Waals surface area contributed by atoms with Gasteiger partial charge in [0.1, 0.15) is 5.82 Å². The molecule has 1 aromatic carbocycles. The van der Waals surface area contributed by atoms with Gasteiger partial charge in [-0.05, 0) is 69.9 Å². The first kappa shape index (κ1) is 20.5. The Bertz CT molecular complexity index is 994. The van der Waals surface area contributed by atoms with E-state index in [-0.39, 0.29) is 5.56 Å². The Balaban J connectivity index is 1.38. The summed E-state index contributed by atoms with van der Waals surface area (Å²) in [5, 5.41) is 5.73. The summed E-state index contributed by atoms with van der Waals surface area (Å²) in [5.41, 5.74) is 0.963. The first-order chi connectivity index (χ1) is 14.6. The van der Waals surface area contributed by atoms with Gasteiger partial charge in [-0.3, -0.25) is 19.0 Å². The lowest BCUT2D eigenvalue weighted by Gasteiger charge is -2.14. The molecule has 0 atom stereocenters. The van der Waals surface area contributed by atoms with E-state index in [4.69, 9.17) is 0 Å². The molecule has 2 amide bonds. The number of benzene rings is 1. The third kappa shape index (κ3) is 4.70. The zero-order valence-electron chi connectivity index (χ0n) is 17.3. The van der Waals surface area contributed by atoms with Crippen LogP contribution in [-0.2, 0) is 22.6 Å². The smallest absolute Gasteiger partial charge is 0.313 e. The number of aryl methyl sites for hydroxylation is 1. The van der Waals surface area contributed by atoms with E-state index in [0.717, 1.165) is 57.6 Å². The fourth-order valence-corrected chi connectivity index (χ4v) is 4.27. The fourth-order valence-electron chi connectivity index (χ4n) is 4.27. The van der Waals surface area contributed by atoms with Crippen LogP contribution >= 0.6 is 0 Å². The molecule has 2 aliphatic heterocycles. The molecule has 0 aliphatic carbocycles. The third-order valence-electron chi connectivity index (χ3n) is 5.91. The number of fused-ring (bicyclic) bond motifs is 2. The number of anilines is 1. The van der Waals surface area contributed by atoms with Gasteiger partial charge in [0.25, 0.3) is 5.56 Å². The van der Waals surface area contributed by atoms with Crippen molar-refractivity contribution in [3.63, 3.8) is 0 Å². The Morgan fingerprint density at radius 1 is 1.00 bits per heavy atom. The number of rotatable bonds is 5. The van der Waals surface area contributed by atoms with Crippen molar-refractivity contribution in [2.24, 2.45) is 0 Å². The second kappa shape index (κ2) is 9.38. The van der Waals surface area contributed by atoms with Crippen molar-refractivity contribution in [3.8, 4) is 0 Å². The van der Waals surface area contributed by atoms with Crippen LogP contribution in [-0.4, -0.2) is 52.4 Å². The molecule has 0 radical (unpaired) electrons. The highest BCUT2D eigenvalue weighted by Gasteiger charge is 2.17. The molecule has 8 heteroatoms. The topological polar surface area (TPSA) is 96.3 Å². The van der Waals surface area contributed by atoms with Crippen molar-refractivity contribution in [2.45, 2.75) is 51.5 Å². The summed E-state index contributed by atoms with van der Waals surface area (Å²) in [7, 11) is 0. The predicted octanol–water partition coefficient (Wildman–Crippen LogP) is 1.66. The van der Waals surface area contributed by atoms with Gasteiger partial charge >= 0.3 is 11.8 Å². The molecule has 0 bridgehead atoms. The van der Waals surface area contributed by atoms with E-state index in [1.165, 1.54) is 12.8 Å². The molecule has 3 heterocycles. The van der Waals surface area contributed by atoms with Crippen LogP contribution in [0.2, 0.25) is 0 Å². The van der Waals surface area contributed by atoms with Gasteiger partial charge in [0, 0.05) is 25.2 Å². The summed E-state index contributed by atoms with van der Waals surface area (Å²) in [6.07, 6.45) is 7.20. The molecule has 0 unspecified atom stereocenters. The van der Waals surface area contributed by atoms with Crippen molar-refractivity contribution >= 4 is 28.4 Å². The van der Waals surface area contributed by atoms with E-state index in [9.17, 15) is 14.4 Å². The summed E-state index contributed by atoms with van der Waals surface area (Å²) >= 11 is 0. The van der Waals surface area contributed by atoms with E-state index in [2.05, 4.69) is 20.5 Å².